The Kier molecular flexibility index (Phi) is 11.9. The molecule has 41 heavy (non-hydrogen) atoms. The van der Waals surface area contributed by atoms with E-state index in [9.17, 15) is 35.2 Å². The molecule has 2 aromatic rings. The lowest BCUT2D eigenvalue weighted by Crippen LogP contribution is -2.35. The summed E-state index contributed by atoms with van der Waals surface area (Å²) in [4.78, 5) is 10.1. The molecule has 4 rings (SSSR count). The van der Waals surface area contributed by atoms with Crippen LogP contribution in [-0.4, -0.2) is 38.6 Å². The minimum absolute atomic E-state index is 0.253. The molecule has 0 aromatic heterocycles. The number of carbonyl (C=O) groups is 1. The van der Waals surface area contributed by atoms with Crippen LogP contribution in [0.25, 0.3) is 11.1 Å². The maximum atomic E-state index is 15.1. The Morgan fingerprint density at radius 3 is 1.95 bits per heavy atom. The Labute approximate surface area is 238 Å². The summed E-state index contributed by atoms with van der Waals surface area (Å²) >= 11 is 0. The van der Waals surface area contributed by atoms with E-state index >= 15 is 4.39 Å². The average Bonchev–Trinajstić information content (AvgIpc) is 3.58. The van der Waals surface area contributed by atoms with Gasteiger partial charge in [0.1, 0.15) is 17.5 Å². The van der Waals surface area contributed by atoms with Crippen molar-refractivity contribution in [3.63, 3.8) is 0 Å². The predicted molar refractivity (Wildman–Crippen MR) is 148 cm³/mol. The molecule has 0 saturated heterocycles. The number of alkyl halides is 3. The van der Waals surface area contributed by atoms with E-state index in [1.165, 1.54) is 45.2 Å². The van der Waals surface area contributed by atoms with Crippen LogP contribution in [0, 0.1) is 40.6 Å². The monoisotopic (exact) mass is 607 g/mol. The third-order valence-corrected chi connectivity index (χ3v) is 9.25. The summed E-state index contributed by atoms with van der Waals surface area (Å²) in [5, 5.41) is 2.05. The van der Waals surface area contributed by atoms with E-state index in [0.29, 0.717) is 35.2 Å². The minimum Gasteiger partial charge on any atom is -0.348 e. The standard InChI is InChI=1S/C22H23F3.C5H9F2NO.C3H7FO2S/c1-13-12-22(6-7-22)14(2)20(13)10-15-4-3-5-19(21(15)25)16-8-17(23)11-18(24)9-16;1-3(5(6)7)8-4(2)9;1-3(4)7(2,5)6/h3-5,8-9,11,13-14,20H,6-7,10,12H2,1-2H3;3,5H,1-2H3,(H,8,9);3H,1-2H3. The molecule has 4 nitrogen and oxygen atoms in total. The van der Waals surface area contributed by atoms with Crippen molar-refractivity contribution >= 4 is 15.7 Å². The van der Waals surface area contributed by atoms with Gasteiger partial charge >= 0.3 is 0 Å². The second kappa shape index (κ2) is 14.1. The summed E-state index contributed by atoms with van der Waals surface area (Å²) in [7, 11) is -3.41. The second-order valence-electron chi connectivity index (χ2n) is 11.3. The van der Waals surface area contributed by atoms with Crippen molar-refractivity contribution in [1.82, 2.24) is 5.32 Å². The summed E-state index contributed by atoms with van der Waals surface area (Å²) in [5.41, 5.74) is -0.0430. The maximum Gasteiger partial charge on any atom is 0.258 e. The first-order valence-corrected chi connectivity index (χ1v) is 15.5. The predicted octanol–water partition coefficient (Wildman–Crippen LogP) is 7.51. The van der Waals surface area contributed by atoms with Gasteiger partial charge in [-0.15, -0.1) is 0 Å². The maximum absolute atomic E-state index is 15.1. The van der Waals surface area contributed by atoms with Crippen LogP contribution in [0.5, 0.6) is 0 Å². The van der Waals surface area contributed by atoms with Crippen LogP contribution in [0.2, 0.25) is 0 Å². The third kappa shape index (κ3) is 9.75. The van der Waals surface area contributed by atoms with E-state index in [4.69, 9.17) is 0 Å². The van der Waals surface area contributed by atoms with E-state index in [0.717, 1.165) is 19.2 Å². The zero-order valence-corrected chi connectivity index (χ0v) is 25.0. The van der Waals surface area contributed by atoms with Crippen LogP contribution in [0.4, 0.5) is 26.3 Å². The van der Waals surface area contributed by atoms with Gasteiger partial charge in [0, 0.05) is 24.8 Å². The first-order chi connectivity index (χ1) is 18.9. The summed E-state index contributed by atoms with van der Waals surface area (Å²) in [6.07, 6.45) is 2.93. The molecule has 2 aromatic carbocycles. The number of nitrogens with one attached hydrogen (secondary N) is 1. The van der Waals surface area contributed by atoms with Crippen molar-refractivity contribution in [2.75, 3.05) is 6.26 Å². The van der Waals surface area contributed by atoms with Crippen molar-refractivity contribution in [1.29, 1.82) is 0 Å². The number of carbonyl (C=O) groups excluding carboxylic acids is 1. The molecular weight excluding hydrogens is 568 g/mol. The highest BCUT2D eigenvalue weighted by molar-refractivity contribution is 7.91. The van der Waals surface area contributed by atoms with Crippen LogP contribution in [0.3, 0.4) is 0 Å². The van der Waals surface area contributed by atoms with E-state index in [-0.39, 0.29) is 16.9 Å². The lowest BCUT2D eigenvalue weighted by atomic mass is 9.82. The Bertz CT molecular complexity index is 1280. The zero-order valence-electron chi connectivity index (χ0n) is 24.2. The number of sulfone groups is 1. The minimum atomic E-state index is -3.41. The van der Waals surface area contributed by atoms with Crippen molar-refractivity contribution in [2.45, 2.75) is 78.3 Å². The summed E-state index contributed by atoms with van der Waals surface area (Å²) in [6.45, 7) is 8.04. The first kappa shape index (κ1) is 34.6. The Morgan fingerprint density at radius 1 is 1.02 bits per heavy atom. The highest BCUT2D eigenvalue weighted by Gasteiger charge is 2.56. The van der Waals surface area contributed by atoms with E-state index < -0.39 is 45.3 Å². The molecule has 0 heterocycles. The second-order valence-corrected chi connectivity index (χ2v) is 13.6. The first-order valence-electron chi connectivity index (χ1n) is 13.5. The lowest BCUT2D eigenvalue weighted by Gasteiger charge is -2.23. The fraction of sp³-hybridized carbons (Fsp3) is 0.567. The summed E-state index contributed by atoms with van der Waals surface area (Å²) in [6, 6.07) is 7.33. The van der Waals surface area contributed by atoms with Crippen molar-refractivity contribution in [3.05, 3.63) is 59.4 Å². The molecule has 2 saturated carbocycles. The Morgan fingerprint density at radius 2 is 1.56 bits per heavy atom. The quantitative estimate of drug-likeness (QED) is 0.346. The third-order valence-electron chi connectivity index (χ3n) is 8.07. The molecule has 1 spiro atoms. The van der Waals surface area contributed by atoms with Gasteiger partial charge in [0.05, 0.1) is 6.04 Å². The molecule has 2 aliphatic carbocycles. The van der Waals surface area contributed by atoms with Gasteiger partial charge in [0.15, 0.2) is 15.3 Å². The largest absolute Gasteiger partial charge is 0.348 e. The lowest BCUT2D eigenvalue weighted by molar-refractivity contribution is -0.120. The highest BCUT2D eigenvalue weighted by Crippen LogP contribution is 2.65. The fourth-order valence-electron chi connectivity index (χ4n) is 5.43. The van der Waals surface area contributed by atoms with Crippen molar-refractivity contribution in [3.8, 4) is 11.1 Å². The van der Waals surface area contributed by atoms with E-state index in [2.05, 4.69) is 19.2 Å². The molecule has 1 N–H and O–H groups in total. The number of rotatable bonds is 6. The van der Waals surface area contributed by atoms with Crippen LogP contribution in [-0.2, 0) is 21.1 Å². The zero-order chi connectivity index (χ0) is 31.3. The fourth-order valence-corrected chi connectivity index (χ4v) is 5.43. The van der Waals surface area contributed by atoms with Gasteiger partial charge in [-0.05, 0) is 86.0 Å². The highest BCUT2D eigenvalue weighted by atomic mass is 32.2. The SMILES string of the molecule is CC(=O)NC(C)C(F)F.CC(F)S(C)(=O)=O.CC1CC2(CC2)C(C)C1Cc1cccc(-c2cc(F)cc(F)c2)c1F. The Balaban J connectivity index is 0.000000305. The molecule has 0 bridgehead atoms. The number of amides is 1. The van der Waals surface area contributed by atoms with Gasteiger partial charge in [-0.2, -0.15) is 0 Å². The van der Waals surface area contributed by atoms with Gasteiger partial charge in [0.2, 0.25) is 5.91 Å². The number of hydrogen-bond donors (Lipinski definition) is 1. The number of hydrogen-bond acceptors (Lipinski definition) is 3. The molecule has 5 unspecified atom stereocenters. The molecular formula is C30H39F6NO3S. The van der Waals surface area contributed by atoms with E-state index in [1.54, 1.807) is 12.1 Å². The Hall–Kier alpha value is -2.56. The molecule has 0 aliphatic heterocycles. The van der Waals surface area contributed by atoms with Crippen molar-refractivity contribution in [2.24, 2.45) is 23.2 Å². The molecule has 0 radical (unpaired) electrons. The van der Waals surface area contributed by atoms with Gasteiger partial charge in [-0.25, -0.2) is 34.8 Å². The normalized spacial score (nSPS) is 22.2. The van der Waals surface area contributed by atoms with Crippen LogP contribution >= 0.6 is 0 Å². The van der Waals surface area contributed by atoms with Crippen molar-refractivity contribution < 1.29 is 39.6 Å². The summed E-state index contributed by atoms with van der Waals surface area (Å²) < 4.78 is 96.8. The molecule has 5 atom stereocenters. The topological polar surface area (TPSA) is 63.2 Å². The molecule has 11 heteroatoms. The van der Waals surface area contributed by atoms with Crippen LogP contribution in [0.1, 0.15) is 59.4 Å². The van der Waals surface area contributed by atoms with Gasteiger partial charge in [-0.1, -0.05) is 32.0 Å². The number of benzene rings is 2. The van der Waals surface area contributed by atoms with Gasteiger partial charge in [-0.3, -0.25) is 4.79 Å². The smallest absolute Gasteiger partial charge is 0.258 e. The summed E-state index contributed by atoms with van der Waals surface area (Å²) in [5.74, 6) is -0.477. The van der Waals surface area contributed by atoms with Gasteiger partial charge in [0.25, 0.3) is 6.43 Å². The van der Waals surface area contributed by atoms with Crippen LogP contribution in [0.15, 0.2) is 36.4 Å². The molecule has 230 valence electrons. The molecule has 1 amide bonds. The molecule has 2 fully saturated rings. The average molecular weight is 608 g/mol. The number of halogens is 6. The van der Waals surface area contributed by atoms with Crippen LogP contribution < -0.4 is 5.32 Å². The van der Waals surface area contributed by atoms with E-state index in [1.807, 2.05) is 6.07 Å². The molecule has 2 aliphatic rings. The van der Waals surface area contributed by atoms with Gasteiger partial charge < -0.3 is 5.32 Å².